The third kappa shape index (κ3) is 5.48. The second-order valence-corrected chi connectivity index (χ2v) is 9.58. The fourth-order valence-electron chi connectivity index (χ4n) is 3.76. The molecule has 0 radical (unpaired) electrons. The lowest BCUT2D eigenvalue weighted by Crippen LogP contribution is -2.31. The van der Waals surface area contributed by atoms with Crippen LogP contribution in [0.5, 0.6) is 0 Å². The maximum Gasteiger partial charge on any atom is 0.261 e. The van der Waals surface area contributed by atoms with E-state index in [9.17, 15) is 22.0 Å². The second kappa shape index (κ2) is 9.58. The number of benzene rings is 3. The first-order valence-electron chi connectivity index (χ1n) is 10.5. The molecule has 0 aliphatic carbocycles. The summed E-state index contributed by atoms with van der Waals surface area (Å²) in [6, 6.07) is 17.3. The largest absolute Gasteiger partial charge is 0.371 e. The minimum absolute atomic E-state index is 0.0759. The number of rotatable bonds is 7. The summed E-state index contributed by atoms with van der Waals surface area (Å²) < 4.78 is 54.1. The molecule has 1 aliphatic heterocycles. The quantitative estimate of drug-likeness (QED) is 0.546. The molecule has 2 N–H and O–H groups in total. The van der Waals surface area contributed by atoms with E-state index in [0.717, 1.165) is 31.3 Å². The molecule has 1 amide bonds. The van der Waals surface area contributed by atoms with Crippen LogP contribution in [0, 0.1) is 17.6 Å². The molecular formula is C24H23F2N3O3S. The van der Waals surface area contributed by atoms with Gasteiger partial charge in [0.1, 0.15) is 11.6 Å². The van der Waals surface area contributed by atoms with E-state index < -0.39 is 15.8 Å². The van der Waals surface area contributed by atoms with Crippen LogP contribution < -0.4 is 14.9 Å². The minimum Gasteiger partial charge on any atom is -0.371 e. The molecule has 4 rings (SSSR count). The van der Waals surface area contributed by atoms with Gasteiger partial charge in [0, 0.05) is 30.9 Å². The first-order chi connectivity index (χ1) is 15.8. The second-order valence-electron chi connectivity index (χ2n) is 7.90. The number of nitrogens with one attached hydrogen (secondary N) is 2. The highest BCUT2D eigenvalue weighted by Crippen LogP contribution is 2.24. The predicted molar refractivity (Wildman–Crippen MR) is 123 cm³/mol. The van der Waals surface area contributed by atoms with Crippen molar-refractivity contribution in [3.63, 3.8) is 0 Å². The zero-order valence-electron chi connectivity index (χ0n) is 17.7. The number of carbonyl (C=O) groups excluding carboxylic acids is 1. The van der Waals surface area contributed by atoms with Gasteiger partial charge < -0.3 is 10.2 Å². The van der Waals surface area contributed by atoms with Crippen molar-refractivity contribution in [2.24, 2.45) is 5.92 Å². The van der Waals surface area contributed by atoms with Crippen molar-refractivity contribution in [1.82, 2.24) is 5.32 Å². The summed E-state index contributed by atoms with van der Waals surface area (Å²) in [4.78, 5) is 14.6. The van der Waals surface area contributed by atoms with E-state index in [1.807, 2.05) is 0 Å². The Morgan fingerprint density at radius 1 is 0.970 bits per heavy atom. The fourth-order valence-corrected chi connectivity index (χ4v) is 4.83. The Balaban J connectivity index is 1.32. The topological polar surface area (TPSA) is 78.5 Å². The Labute approximate surface area is 191 Å². The lowest BCUT2D eigenvalue weighted by molar-refractivity contribution is 0.0948. The van der Waals surface area contributed by atoms with Gasteiger partial charge in [0.05, 0.1) is 10.6 Å². The van der Waals surface area contributed by atoms with Crippen molar-refractivity contribution in [1.29, 1.82) is 0 Å². The standard InChI is InChI=1S/C24H23F2N3O3S/c25-19-7-9-20(10-8-19)29-14-13-17(16-29)15-27-24(30)18-5-11-21(12-6-18)33(31,32)28-23-4-2-1-3-22(23)26/h1-12,17,28H,13-16H2,(H,27,30). The van der Waals surface area contributed by atoms with Gasteiger partial charge in [0.15, 0.2) is 0 Å². The monoisotopic (exact) mass is 471 g/mol. The molecular weight excluding hydrogens is 448 g/mol. The number of amides is 1. The van der Waals surface area contributed by atoms with Gasteiger partial charge in [-0.2, -0.15) is 0 Å². The molecule has 3 aromatic carbocycles. The summed E-state index contributed by atoms with van der Waals surface area (Å²) in [5.74, 6) is -1.00. The molecule has 1 atom stereocenters. The molecule has 33 heavy (non-hydrogen) atoms. The number of carbonyl (C=O) groups is 1. The number of sulfonamides is 1. The smallest absolute Gasteiger partial charge is 0.261 e. The highest BCUT2D eigenvalue weighted by molar-refractivity contribution is 7.92. The van der Waals surface area contributed by atoms with Crippen LogP contribution in [-0.2, 0) is 10.0 Å². The zero-order chi connectivity index (χ0) is 23.4. The molecule has 9 heteroatoms. The van der Waals surface area contributed by atoms with Gasteiger partial charge in [-0.15, -0.1) is 0 Å². The van der Waals surface area contributed by atoms with E-state index in [-0.39, 0.29) is 28.2 Å². The third-order valence-corrected chi connectivity index (χ3v) is 6.96. The van der Waals surface area contributed by atoms with Crippen LogP contribution in [0.3, 0.4) is 0 Å². The number of para-hydroxylation sites is 1. The number of hydrogen-bond donors (Lipinski definition) is 2. The zero-order valence-corrected chi connectivity index (χ0v) is 18.5. The Hall–Kier alpha value is -3.46. The van der Waals surface area contributed by atoms with Crippen LogP contribution in [0.1, 0.15) is 16.8 Å². The van der Waals surface area contributed by atoms with Crippen LogP contribution in [0.2, 0.25) is 0 Å². The van der Waals surface area contributed by atoms with Crippen molar-refractivity contribution in [2.75, 3.05) is 29.3 Å². The van der Waals surface area contributed by atoms with Crippen molar-refractivity contribution in [3.8, 4) is 0 Å². The van der Waals surface area contributed by atoms with Crippen LogP contribution in [-0.4, -0.2) is 34.0 Å². The molecule has 0 saturated carbocycles. The van der Waals surface area contributed by atoms with E-state index in [1.165, 1.54) is 54.6 Å². The van der Waals surface area contributed by atoms with Gasteiger partial charge in [0.2, 0.25) is 0 Å². The Morgan fingerprint density at radius 2 is 1.67 bits per heavy atom. The Kier molecular flexibility index (Phi) is 6.60. The summed E-state index contributed by atoms with van der Waals surface area (Å²) >= 11 is 0. The van der Waals surface area contributed by atoms with Crippen LogP contribution >= 0.6 is 0 Å². The van der Waals surface area contributed by atoms with Crippen molar-refractivity contribution in [3.05, 3.63) is 90.0 Å². The third-order valence-electron chi connectivity index (χ3n) is 5.57. The average Bonchev–Trinajstić information content (AvgIpc) is 3.28. The van der Waals surface area contributed by atoms with Gasteiger partial charge in [-0.3, -0.25) is 9.52 Å². The van der Waals surface area contributed by atoms with E-state index in [1.54, 1.807) is 12.1 Å². The van der Waals surface area contributed by atoms with Crippen LogP contribution in [0.15, 0.2) is 77.7 Å². The summed E-state index contributed by atoms with van der Waals surface area (Å²) in [5.41, 5.74) is 1.13. The Morgan fingerprint density at radius 3 is 2.36 bits per heavy atom. The Bertz CT molecular complexity index is 1230. The van der Waals surface area contributed by atoms with Gasteiger partial charge >= 0.3 is 0 Å². The van der Waals surface area contributed by atoms with Crippen molar-refractivity contribution >= 4 is 27.3 Å². The first-order valence-corrected chi connectivity index (χ1v) is 12.0. The highest BCUT2D eigenvalue weighted by Gasteiger charge is 2.23. The maximum atomic E-state index is 13.8. The number of hydrogen-bond acceptors (Lipinski definition) is 4. The van der Waals surface area contributed by atoms with Crippen LogP contribution in [0.4, 0.5) is 20.2 Å². The van der Waals surface area contributed by atoms with E-state index >= 15 is 0 Å². The first kappa shape index (κ1) is 22.7. The van der Waals surface area contributed by atoms with Crippen LogP contribution in [0.25, 0.3) is 0 Å². The van der Waals surface area contributed by atoms with Crippen molar-refractivity contribution < 1.29 is 22.0 Å². The van der Waals surface area contributed by atoms with Crippen molar-refractivity contribution in [2.45, 2.75) is 11.3 Å². The van der Waals surface area contributed by atoms with Gasteiger partial charge in [-0.05, 0) is 73.0 Å². The molecule has 0 spiro atoms. The van der Waals surface area contributed by atoms with E-state index in [2.05, 4.69) is 14.9 Å². The molecule has 1 saturated heterocycles. The minimum atomic E-state index is -3.99. The number of nitrogens with zero attached hydrogens (tertiary/aromatic N) is 1. The predicted octanol–water partition coefficient (Wildman–Crippen LogP) is 4.02. The van der Waals surface area contributed by atoms with Gasteiger partial charge in [-0.1, -0.05) is 12.1 Å². The number of halogens is 2. The van der Waals surface area contributed by atoms with E-state index in [4.69, 9.17) is 0 Å². The van der Waals surface area contributed by atoms with Gasteiger partial charge in [-0.25, -0.2) is 17.2 Å². The molecule has 1 aliphatic rings. The normalized spacial score (nSPS) is 15.9. The summed E-state index contributed by atoms with van der Waals surface area (Å²) in [5, 5.41) is 2.89. The molecule has 1 fully saturated rings. The summed E-state index contributed by atoms with van der Waals surface area (Å²) in [6.45, 7) is 2.06. The number of anilines is 2. The van der Waals surface area contributed by atoms with E-state index in [0.29, 0.717) is 12.1 Å². The lowest BCUT2D eigenvalue weighted by Gasteiger charge is -2.19. The molecule has 1 unspecified atom stereocenters. The molecule has 172 valence electrons. The molecule has 6 nitrogen and oxygen atoms in total. The average molecular weight is 472 g/mol. The molecule has 0 aromatic heterocycles. The molecule has 1 heterocycles. The molecule has 3 aromatic rings. The molecule has 0 bridgehead atoms. The SMILES string of the molecule is O=C(NCC1CCN(c2ccc(F)cc2)C1)c1ccc(S(=O)(=O)Nc2ccccc2F)cc1. The maximum absolute atomic E-state index is 13.8. The fraction of sp³-hybridized carbons (Fsp3) is 0.208. The highest BCUT2D eigenvalue weighted by atomic mass is 32.2. The van der Waals surface area contributed by atoms with Gasteiger partial charge in [0.25, 0.3) is 15.9 Å². The summed E-state index contributed by atoms with van der Waals surface area (Å²) in [7, 11) is -3.99. The summed E-state index contributed by atoms with van der Waals surface area (Å²) in [6.07, 6.45) is 0.899. The lowest BCUT2D eigenvalue weighted by atomic mass is 10.1.